The molecule has 0 saturated carbocycles. The molecule has 0 atom stereocenters. The highest BCUT2D eigenvalue weighted by Crippen LogP contribution is 2.31. The van der Waals surface area contributed by atoms with E-state index in [-0.39, 0.29) is 23.0 Å². The third kappa shape index (κ3) is 3.80. The predicted molar refractivity (Wildman–Crippen MR) is 93.9 cm³/mol. The third-order valence-corrected chi connectivity index (χ3v) is 4.63. The van der Waals surface area contributed by atoms with Gasteiger partial charge in [0.05, 0.1) is 5.56 Å². The number of H-pyrrole nitrogens is 1. The van der Waals surface area contributed by atoms with Crippen molar-refractivity contribution >= 4 is 17.2 Å². The molecule has 1 N–H and O–H groups in total. The number of aryl methyl sites for hydroxylation is 1. The molecule has 0 saturated heterocycles. The largest absolute Gasteiger partial charge is 0.416 e. The van der Waals surface area contributed by atoms with E-state index in [0.29, 0.717) is 12.2 Å². The molecule has 0 aliphatic heterocycles. The standard InChI is InChI=1S/C18H16F3N3OS/c1-11-15(17(25)24(2)9-12-6-7-26-10-12)23-16(22-11)13-4-3-5-14(8-13)18(19,20)21/h3-8,10H,9H2,1-2H3,(H,22,23). The number of benzene rings is 1. The lowest BCUT2D eigenvalue weighted by atomic mass is 10.1. The molecular formula is C18H16F3N3OS. The maximum atomic E-state index is 12.9. The second-order valence-electron chi connectivity index (χ2n) is 5.93. The third-order valence-electron chi connectivity index (χ3n) is 3.90. The van der Waals surface area contributed by atoms with Crippen LogP contribution in [0.2, 0.25) is 0 Å². The number of thiophene rings is 1. The first-order valence-electron chi connectivity index (χ1n) is 7.76. The van der Waals surface area contributed by atoms with E-state index >= 15 is 0 Å². The molecule has 3 aromatic rings. The van der Waals surface area contributed by atoms with Crippen molar-refractivity contribution in [3.63, 3.8) is 0 Å². The molecule has 4 nitrogen and oxygen atoms in total. The Morgan fingerprint density at radius 2 is 2.08 bits per heavy atom. The van der Waals surface area contributed by atoms with Gasteiger partial charge in [0.15, 0.2) is 0 Å². The summed E-state index contributed by atoms with van der Waals surface area (Å²) in [6, 6.07) is 6.79. The molecule has 0 radical (unpaired) electrons. The van der Waals surface area contributed by atoms with Crippen LogP contribution in [0.5, 0.6) is 0 Å². The average molecular weight is 379 g/mol. The number of alkyl halides is 3. The van der Waals surface area contributed by atoms with Gasteiger partial charge in [-0.3, -0.25) is 4.79 Å². The number of amides is 1. The summed E-state index contributed by atoms with van der Waals surface area (Å²) in [7, 11) is 1.66. The van der Waals surface area contributed by atoms with Crippen LogP contribution in [-0.4, -0.2) is 27.8 Å². The van der Waals surface area contributed by atoms with Crippen molar-refractivity contribution in [3.05, 3.63) is 63.6 Å². The van der Waals surface area contributed by atoms with Gasteiger partial charge in [0.2, 0.25) is 0 Å². The molecule has 0 bridgehead atoms. The summed E-state index contributed by atoms with van der Waals surface area (Å²) in [5.74, 6) is -0.0518. The van der Waals surface area contributed by atoms with Crippen LogP contribution in [0.4, 0.5) is 13.2 Å². The minimum absolute atomic E-state index is 0.204. The summed E-state index contributed by atoms with van der Waals surface area (Å²) in [6.07, 6.45) is -4.43. The zero-order chi connectivity index (χ0) is 18.9. The van der Waals surface area contributed by atoms with Gasteiger partial charge in [-0.2, -0.15) is 24.5 Å². The maximum absolute atomic E-state index is 12.9. The van der Waals surface area contributed by atoms with Gasteiger partial charge in [-0.15, -0.1) is 0 Å². The Labute approximate surface area is 152 Å². The topological polar surface area (TPSA) is 49.0 Å². The SMILES string of the molecule is Cc1[nH]c(-c2cccc(C(F)(F)F)c2)nc1C(=O)N(C)Cc1ccsc1. The fourth-order valence-corrected chi connectivity index (χ4v) is 3.22. The van der Waals surface area contributed by atoms with Crippen molar-refractivity contribution in [2.45, 2.75) is 19.6 Å². The van der Waals surface area contributed by atoms with Crippen LogP contribution in [0.15, 0.2) is 41.1 Å². The fourth-order valence-electron chi connectivity index (χ4n) is 2.56. The molecule has 2 aromatic heterocycles. The molecule has 0 aliphatic rings. The lowest BCUT2D eigenvalue weighted by Gasteiger charge is -2.15. The number of nitrogens with zero attached hydrogens (tertiary/aromatic N) is 2. The van der Waals surface area contributed by atoms with Gasteiger partial charge in [0.1, 0.15) is 11.5 Å². The van der Waals surface area contributed by atoms with Gasteiger partial charge in [-0.05, 0) is 41.4 Å². The Morgan fingerprint density at radius 1 is 1.31 bits per heavy atom. The summed E-state index contributed by atoms with van der Waals surface area (Å²) in [4.78, 5) is 21.3. The molecule has 8 heteroatoms. The molecule has 0 aliphatic carbocycles. The summed E-state index contributed by atoms with van der Waals surface area (Å²) >= 11 is 1.55. The number of nitrogens with one attached hydrogen (secondary N) is 1. The molecule has 0 unspecified atom stereocenters. The molecule has 26 heavy (non-hydrogen) atoms. The highest BCUT2D eigenvalue weighted by atomic mass is 32.1. The van der Waals surface area contributed by atoms with E-state index in [9.17, 15) is 18.0 Å². The van der Waals surface area contributed by atoms with E-state index in [4.69, 9.17) is 0 Å². The lowest BCUT2D eigenvalue weighted by Crippen LogP contribution is -2.26. The molecule has 2 heterocycles. The van der Waals surface area contributed by atoms with E-state index in [1.807, 2.05) is 16.8 Å². The van der Waals surface area contributed by atoms with Crippen LogP contribution in [0.1, 0.15) is 27.3 Å². The quantitative estimate of drug-likeness (QED) is 0.712. The molecule has 1 aromatic carbocycles. The van der Waals surface area contributed by atoms with E-state index in [1.54, 1.807) is 25.3 Å². The molecular weight excluding hydrogens is 363 g/mol. The molecule has 1 amide bonds. The van der Waals surface area contributed by atoms with Crippen molar-refractivity contribution in [2.24, 2.45) is 0 Å². The van der Waals surface area contributed by atoms with Crippen molar-refractivity contribution < 1.29 is 18.0 Å². The van der Waals surface area contributed by atoms with Crippen LogP contribution in [0.25, 0.3) is 11.4 Å². The van der Waals surface area contributed by atoms with Crippen LogP contribution in [0.3, 0.4) is 0 Å². The fraction of sp³-hybridized carbons (Fsp3) is 0.222. The lowest BCUT2D eigenvalue weighted by molar-refractivity contribution is -0.137. The van der Waals surface area contributed by atoms with E-state index in [2.05, 4.69) is 9.97 Å². The number of imidazole rings is 1. The van der Waals surface area contributed by atoms with Gasteiger partial charge in [-0.25, -0.2) is 4.98 Å². The Morgan fingerprint density at radius 3 is 2.73 bits per heavy atom. The highest BCUT2D eigenvalue weighted by Gasteiger charge is 2.30. The minimum Gasteiger partial charge on any atom is -0.341 e. The Hall–Kier alpha value is -2.61. The van der Waals surface area contributed by atoms with Gasteiger partial charge >= 0.3 is 6.18 Å². The summed E-state index contributed by atoms with van der Waals surface area (Å²) in [5, 5.41) is 3.88. The smallest absolute Gasteiger partial charge is 0.341 e. The number of hydrogen-bond donors (Lipinski definition) is 1. The number of rotatable bonds is 4. The first kappa shape index (κ1) is 18.2. The Kier molecular flexibility index (Phi) is 4.86. The number of halogens is 3. The minimum atomic E-state index is -4.43. The Balaban J connectivity index is 1.86. The maximum Gasteiger partial charge on any atom is 0.416 e. The van der Waals surface area contributed by atoms with Gasteiger partial charge in [0.25, 0.3) is 5.91 Å². The van der Waals surface area contributed by atoms with Crippen LogP contribution in [-0.2, 0) is 12.7 Å². The average Bonchev–Trinajstić information content (AvgIpc) is 3.23. The van der Waals surface area contributed by atoms with Crippen molar-refractivity contribution in [1.29, 1.82) is 0 Å². The van der Waals surface area contributed by atoms with Gasteiger partial charge in [-0.1, -0.05) is 12.1 Å². The number of carbonyl (C=O) groups excluding carboxylic acids is 1. The van der Waals surface area contributed by atoms with Crippen molar-refractivity contribution in [3.8, 4) is 11.4 Å². The van der Waals surface area contributed by atoms with E-state index in [1.165, 1.54) is 17.0 Å². The van der Waals surface area contributed by atoms with Crippen molar-refractivity contribution in [1.82, 2.24) is 14.9 Å². The first-order chi connectivity index (χ1) is 12.3. The summed E-state index contributed by atoms with van der Waals surface area (Å²) in [6.45, 7) is 2.11. The van der Waals surface area contributed by atoms with Crippen LogP contribution >= 0.6 is 11.3 Å². The second kappa shape index (κ2) is 6.95. The highest BCUT2D eigenvalue weighted by molar-refractivity contribution is 7.07. The van der Waals surface area contributed by atoms with E-state index in [0.717, 1.165) is 17.7 Å². The van der Waals surface area contributed by atoms with Gasteiger partial charge in [0, 0.05) is 24.8 Å². The van der Waals surface area contributed by atoms with E-state index < -0.39 is 11.7 Å². The van der Waals surface area contributed by atoms with Crippen molar-refractivity contribution in [2.75, 3.05) is 7.05 Å². The molecule has 3 rings (SSSR count). The number of carbonyl (C=O) groups is 1. The summed E-state index contributed by atoms with van der Waals surface area (Å²) < 4.78 is 38.7. The zero-order valence-electron chi connectivity index (χ0n) is 14.1. The number of aromatic nitrogens is 2. The number of aromatic amines is 1. The first-order valence-corrected chi connectivity index (χ1v) is 8.71. The monoisotopic (exact) mass is 379 g/mol. The summed E-state index contributed by atoms with van der Waals surface area (Å²) in [5.41, 5.74) is 1.25. The second-order valence-corrected chi connectivity index (χ2v) is 6.71. The predicted octanol–water partition coefficient (Wildman–Crippen LogP) is 4.74. The normalized spacial score (nSPS) is 11.6. The number of hydrogen-bond acceptors (Lipinski definition) is 3. The Bertz CT molecular complexity index is 916. The zero-order valence-corrected chi connectivity index (χ0v) is 14.9. The molecule has 0 spiro atoms. The molecule has 0 fully saturated rings. The van der Waals surface area contributed by atoms with Crippen LogP contribution in [0, 0.1) is 6.92 Å². The van der Waals surface area contributed by atoms with Crippen LogP contribution < -0.4 is 0 Å². The van der Waals surface area contributed by atoms with Gasteiger partial charge < -0.3 is 9.88 Å². The molecule has 136 valence electrons.